The Morgan fingerprint density at radius 1 is 0.667 bits per heavy atom. The molecule has 212 valence electrons. The molecule has 4 bridgehead atoms. The molecule has 1 aromatic rings. The van der Waals surface area contributed by atoms with E-state index in [2.05, 4.69) is 0 Å². The molecule has 5 nitrogen and oxygen atoms in total. The number of benzene rings is 1. The van der Waals surface area contributed by atoms with Gasteiger partial charge in [0.15, 0.2) is 8.67 Å². The van der Waals surface area contributed by atoms with Gasteiger partial charge in [-0.2, -0.15) is 8.42 Å². The zero-order valence-corrected chi connectivity index (χ0v) is 27.9. The maximum Gasteiger partial charge on any atom is 0.337 e. The van der Waals surface area contributed by atoms with Crippen molar-refractivity contribution in [1.82, 2.24) is 0 Å². The van der Waals surface area contributed by atoms with Gasteiger partial charge in [-0.25, -0.2) is 4.79 Å². The van der Waals surface area contributed by atoms with Crippen molar-refractivity contribution in [3.8, 4) is 0 Å². The molecular formula is C21H8Cl12O5S. The van der Waals surface area contributed by atoms with Crippen LogP contribution in [-0.4, -0.2) is 52.2 Å². The number of hydrogen-bond donors (Lipinski definition) is 2. The highest BCUT2D eigenvalue weighted by atomic mass is 35.5. The Morgan fingerprint density at radius 2 is 1.00 bits per heavy atom. The molecule has 0 saturated heterocycles. The summed E-state index contributed by atoms with van der Waals surface area (Å²) in [4.78, 5) is 3.26. The third-order valence-electron chi connectivity index (χ3n) is 8.74. The van der Waals surface area contributed by atoms with E-state index in [-0.39, 0.29) is 31.3 Å². The van der Waals surface area contributed by atoms with Gasteiger partial charge in [0.2, 0.25) is 0 Å². The fraction of sp³-hybridized carbons (Fsp3) is 0.476. The van der Waals surface area contributed by atoms with Gasteiger partial charge in [0.25, 0.3) is 10.1 Å². The fourth-order valence-corrected chi connectivity index (χ4v) is 14.1. The summed E-state index contributed by atoms with van der Waals surface area (Å²) in [7, 11) is -5.11. The van der Waals surface area contributed by atoms with Crippen molar-refractivity contribution in [2.45, 2.75) is 44.9 Å². The van der Waals surface area contributed by atoms with Crippen LogP contribution in [0.15, 0.2) is 37.2 Å². The monoisotopic (exact) mass is 792 g/mol. The van der Waals surface area contributed by atoms with Crippen LogP contribution in [0.25, 0.3) is 0 Å². The van der Waals surface area contributed by atoms with Crippen molar-refractivity contribution in [2.75, 3.05) is 0 Å². The quantitative estimate of drug-likeness (QED) is 0.231. The summed E-state index contributed by atoms with van der Waals surface area (Å²) < 4.78 is 30.3. The highest BCUT2D eigenvalue weighted by Gasteiger charge is 2.91. The summed E-state index contributed by atoms with van der Waals surface area (Å²) in [5.41, 5.74) is -0.688. The summed E-state index contributed by atoms with van der Waals surface area (Å²) in [6.45, 7) is 0. The van der Waals surface area contributed by atoms with Crippen LogP contribution in [0.2, 0.25) is 0 Å². The average Bonchev–Trinajstić information content (AvgIpc) is 3.16. The first kappa shape index (κ1) is 30.6. The van der Waals surface area contributed by atoms with E-state index in [1.807, 2.05) is 0 Å². The molecule has 8 atom stereocenters. The van der Waals surface area contributed by atoms with Crippen molar-refractivity contribution in [3.63, 3.8) is 0 Å². The van der Waals surface area contributed by atoms with Crippen molar-refractivity contribution in [3.05, 3.63) is 49.0 Å². The average molecular weight is 798 g/mol. The Balaban J connectivity index is 1.84. The van der Waals surface area contributed by atoms with Gasteiger partial charge in [-0.05, 0) is 23.3 Å². The molecule has 39 heavy (non-hydrogen) atoms. The number of rotatable bonds is 2. The molecule has 5 aliphatic rings. The third kappa shape index (κ3) is 2.87. The number of allylic oxidation sites excluding steroid dienone is 4. The van der Waals surface area contributed by atoms with Gasteiger partial charge in [-0.3, -0.25) is 4.55 Å². The van der Waals surface area contributed by atoms with Crippen LogP contribution < -0.4 is 0 Å². The van der Waals surface area contributed by atoms with E-state index in [1.165, 1.54) is 0 Å². The van der Waals surface area contributed by atoms with E-state index in [1.54, 1.807) is 0 Å². The van der Waals surface area contributed by atoms with Gasteiger partial charge in [0.1, 0.15) is 24.4 Å². The second-order valence-corrected chi connectivity index (χ2v) is 18.0. The first-order chi connectivity index (χ1) is 17.5. The first-order valence-electron chi connectivity index (χ1n) is 10.6. The lowest BCUT2D eigenvalue weighted by Crippen LogP contribution is -2.53. The van der Waals surface area contributed by atoms with E-state index in [0.717, 1.165) is 12.1 Å². The highest BCUT2D eigenvalue weighted by Crippen LogP contribution is 2.88. The van der Waals surface area contributed by atoms with Crippen LogP contribution in [0, 0.1) is 11.8 Å². The summed E-state index contributed by atoms with van der Waals surface area (Å²) in [5.74, 6) is -6.33. The molecule has 5 aliphatic carbocycles. The van der Waals surface area contributed by atoms with Crippen molar-refractivity contribution in [1.29, 1.82) is 0 Å². The van der Waals surface area contributed by atoms with Crippen LogP contribution in [0.4, 0.5) is 0 Å². The summed E-state index contributed by atoms with van der Waals surface area (Å²) >= 11 is 82.7. The smallest absolute Gasteiger partial charge is 0.337 e. The molecule has 1 aromatic carbocycles. The number of alkyl halides is 8. The van der Waals surface area contributed by atoms with Crippen LogP contribution >= 0.6 is 139 Å². The standard InChI is InChI=1S/C21H8Cl12O5S/c22-11-13(24)18(28)9-7(16(11,26)20(18,30)31)3-1-5(15(34)35)6(39(36,37)38)2-4(3)8-10(9)19(29)14(25)12(23)17(8,27)21(19,32)33/h1-2,7-10H,(H,34,35)(H,36,37,38)/t7-,8+,9+,10+,16+,17+,18+,19+/m0/s1. The Kier molecular flexibility index (Phi) is 6.45. The van der Waals surface area contributed by atoms with Crippen LogP contribution in [0.3, 0.4) is 0 Å². The van der Waals surface area contributed by atoms with E-state index in [9.17, 15) is 22.9 Å². The lowest BCUT2D eigenvalue weighted by molar-refractivity contribution is 0.0691. The van der Waals surface area contributed by atoms with Gasteiger partial charge in [-0.15, -0.1) is 46.4 Å². The topological polar surface area (TPSA) is 91.7 Å². The highest BCUT2D eigenvalue weighted by molar-refractivity contribution is 7.86. The minimum Gasteiger partial charge on any atom is -0.478 e. The second kappa shape index (κ2) is 8.23. The molecule has 0 aliphatic heterocycles. The van der Waals surface area contributed by atoms with Crippen molar-refractivity contribution < 1.29 is 22.9 Å². The molecule has 0 aromatic heterocycles. The maximum atomic E-state index is 12.3. The lowest BCUT2D eigenvalue weighted by Gasteiger charge is -2.52. The fourth-order valence-electron chi connectivity index (χ4n) is 7.31. The second-order valence-electron chi connectivity index (χ2n) is 10.0. The Hall–Kier alpha value is 1.56. The predicted molar refractivity (Wildman–Crippen MR) is 156 cm³/mol. The van der Waals surface area contributed by atoms with Gasteiger partial charge in [0, 0.05) is 23.7 Å². The van der Waals surface area contributed by atoms with Gasteiger partial charge in [0.05, 0.1) is 25.7 Å². The van der Waals surface area contributed by atoms with E-state index in [0.29, 0.717) is 0 Å². The molecule has 2 N–H and O–H groups in total. The molecule has 0 spiro atoms. The van der Waals surface area contributed by atoms with Gasteiger partial charge in [-0.1, -0.05) is 92.8 Å². The zero-order chi connectivity index (χ0) is 29.4. The number of aromatic carboxylic acids is 1. The summed E-state index contributed by atoms with van der Waals surface area (Å²) in [6.07, 6.45) is 0. The largest absolute Gasteiger partial charge is 0.478 e. The minimum atomic E-state index is -5.11. The lowest BCUT2D eigenvalue weighted by atomic mass is 9.57. The van der Waals surface area contributed by atoms with Crippen LogP contribution in [0.5, 0.6) is 0 Å². The van der Waals surface area contributed by atoms with E-state index < -0.39 is 78.4 Å². The minimum absolute atomic E-state index is 0.0296. The zero-order valence-electron chi connectivity index (χ0n) is 18.0. The summed E-state index contributed by atoms with van der Waals surface area (Å²) in [5, 5.41) is 9.02. The summed E-state index contributed by atoms with van der Waals surface area (Å²) in [6, 6.07) is 1.92. The Morgan fingerprint density at radius 3 is 1.33 bits per heavy atom. The van der Waals surface area contributed by atoms with E-state index >= 15 is 0 Å². The molecule has 0 radical (unpaired) electrons. The molecule has 0 heterocycles. The number of halogens is 12. The normalized spacial score (nSPS) is 44.5. The van der Waals surface area contributed by atoms with Crippen LogP contribution in [0.1, 0.15) is 33.3 Å². The van der Waals surface area contributed by atoms with Crippen molar-refractivity contribution >= 4 is 155 Å². The van der Waals surface area contributed by atoms with Crippen LogP contribution in [-0.2, 0) is 10.1 Å². The number of fused-ring (bicyclic) bond motifs is 14. The Bertz CT molecular complexity index is 1620. The number of carboxylic acids is 1. The number of carbonyl (C=O) groups is 1. The maximum absolute atomic E-state index is 12.3. The Labute approximate surface area is 281 Å². The molecule has 6 rings (SSSR count). The third-order valence-corrected chi connectivity index (χ3v) is 18.2. The first-order valence-corrected chi connectivity index (χ1v) is 16.5. The van der Waals surface area contributed by atoms with Gasteiger partial charge < -0.3 is 5.11 Å². The molecule has 18 heteroatoms. The molecular weight excluding hydrogens is 790 g/mol. The SMILES string of the molecule is O=C(O)c1cc2c(cc1S(=O)(=O)O)[C@@H]1[C@H]([C@H]3[C@H]2[C@@]2(Cl)C(Cl)=C(Cl)[C@@]3(Cl)C2(Cl)Cl)[C@@]2(Cl)C(Cl)=C(Cl)[C@@]1(Cl)C2(Cl)Cl. The number of carboxylic acid groups (broad SMARTS) is 1. The predicted octanol–water partition coefficient (Wildman–Crippen LogP) is 8.74. The number of hydrogen-bond acceptors (Lipinski definition) is 3. The molecule has 0 unspecified atom stereocenters. The van der Waals surface area contributed by atoms with Gasteiger partial charge >= 0.3 is 5.97 Å². The molecule has 0 amide bonds. The molecule has 2 fully saturated rings. The van der Waals surface area contributed by atoms with Crippen molar-refractivity contribution in [2.24, 2.45) is 11.8 Å². The van der Waals surface area contributed by atoms with E-state index in [4.69, 9.17) is 139 Å². The molecule has 2 saturated carbocycles.